The lowest BCUT2D eigenvalue weighted by atomic mass is 10.2. The van der Waals surface area contributed by atoms with E-state index in [1.807, 2.05) is 6.07 Å². The Balaban J connectivity index is 1.92. The monoisotopic (exact) mass is 233 g/mol. The lowest BCUT2D eigenvalue weighted by Gasteiger charge is -2.22. The Kier molecular flexibility index (Phi) is 2.53. The first-order chi connectivity index (χ1) is 7.84. The van der Waals surface area contributed by atoms with E-state index in [2.05, 4.69) is 40.4 Å². The van der Waals surface area contributed by atoms with Crippen molar-refractivity contribution >= 4 is 26.7 Å². The molecule has 0 saturated carbocycles. The van der Waals surface area contributed by atoms with Crippen LogP contribution in [0.5, 0.6) is 0 Å². The molecule has 84 valence electrons. The molecule has 1 aliphatic rings. The molecule has 1 atom stereocenters. The first-order valence-corrected chi connectivity index (χ1v) is 6.45. The van der Waals surface area contributed by atoms with Gasteiger partial charge in [-0.15, -0.1) is 0 Å². The van der Waals surface area contributed by atoms with E-state index in [4.69, 9.17) is 0 Å². The molecule has 0 radical (unpaired) electrons. The van der Waals surface area contributed by atoms with Gasteiger partial charge in [0.25, 0.3) is 0 Å². The van der Waals surface area contributed by atoms with Crippen LogP contribution in [0.1, 0.15) is 6.42 Å². The van der Waals surface area contributed by atoms with Crippen LogP contribution in [0.25, 0.3) is 10.2 Å². The van der Waals surface area contributed by atoms with Gasteiger partial charge in [-0.05, 0) is 25.1 Å². The minimum absolute atomic E-state index is 0.598. The van der Waals surface area contributed by atoms with Gasteiger partial charge in [-0.1, -0.05) is 23.5 Å². The van der Waals surface area contributed by atoms with Crippen LogP contribution in [0.2, 0.25) is 0 Å². The molecular formula is C12H15N3S. The zero-order valence-corrected chi connectivity index (χ0v) is 10.1. The van der Waals surface area contributed by atoms with Crippen molar-refractivity contribution in [2.45, 2.75) is 12.5 Å². The Bertz CT molecular complexity index is 455. The molecule has 0 spiro atoms. The number of nitrogens with zero attached hydrogens (tertiary/aromatic N) is 2. The molecule has 2 heterocycles. The quantitative estimate of drug-likeness (QED) is 0.861. The summed E-state index contributed by atoms with van der Waals surface area (Å²) in [5.74, 6) is 0. The molecule has 1 aromatic heterocycles. The molecule has 0 amide bonds. The number of aromatic nitrogens is 1. The fourth-order valence-electron chi connectivity index (χ4n) is 2.14. The highest BCUT2D eigenvalue weighted by atomic mass is 32.1. The lowest BCUT2D eigenvalue weighted by molar-refractivity contribution is 0.684. The van der Waals surface area contributed by atoms with E-state index in [1.54, 1.807) is 11.3 Å². The summed E-state index contributed by atoms with van der Waals surface area (Å²) in [4.78, 5) is 6.98. The maximum absolute atomic E-state index is 4.67. The summed E-state index contributed by atoms with van der Waals surface area (Å²) < 4.78 is 1.27. The number of hydrogen-bond donors (Lipinski definition) is 1. The average molecular weight is 233 g/mol. The van der Waals surface area contributed by atoms with Gasteiger partial charge >= 0.3 is 0 Å². The summed E-state index contributed by atoms with van der Waals surface area (Å²) in [6, 6.07) is 8.93. The Morgan fingerprint density at radius 1 is 1.44 bits per heavy atom. The van der Waals surface area contributed by atoms with Crippen molar-refractivity contribution in [3.05, 3.63) is 24.3 Å². The third kappa shape index (κ3) is 1.68. The smallest absolute Gasteiger partial charge is 0.186 e. The SMILES string of the molecule is CN(c1nc2ccccc2s1)C1CCNC1. The fourth-order valence-corrected chi connectivity index (χ4v) is 3.14. The van der Waals surface area contributed by atoms with Crippen LogP contribution in [0.15, 0.2) is 24.3 Å². The van der Waals surface area contributed by atoms with Crippen molar-refractivity contribution < 1.29 is 0 Å². The van der Waals surface area contributed by atoms with Crippen LogP contribution < -0.4 is 10.2 Å². The molecule has 0 aliphatic carbocycles. The standard InChI is InChI=1S/C12H15N3S/c1-15(9-6-7-13-8-9)12-14-10-4-2-3-5-11(10)16-12/h2-5,9,13H,6-8H2,1H3. The number of benzene rings is 1. The van der Waals surface area contributed by atoms with Gasteiger partial charge in [0.1, 0.15) is 0 Å². The second-order valence-electron chi connectivity index (χ2n) is 4.22. The molecule has 4 heteroatoms. The maximum Gasteiger partial charge on any atom is 0.186 e. The predicted octanol–water partition coefficient (Wildman–Crippen LogP) is 2.09. The van der Waals surface area contributed by atoms with Gasteiger partial charge < -0.3 is 10.2 Å². The molecule has 1 unspecified atom stereocenters. The second kappa shape index (κ2) is 4.03. The van der Waals surface area contributed by atoms with Crippen LogP contribution in [-0.2, 0) is 0 Å². The minimum atomic E-state index is 0.598. The summed E-state index contributed by atoms with van der Waals surface area (Å²) >= 11 is 1.78. The number of likely N-dealkylation sites (N-methyl/N-ethyl adjacent to an activating group) is 1. The summed E-state index contributed by atoms with van der Waals surface area (Å²) in [6.07, 6.45) is 1.21. The van der Waals surface area contributed by atoms with Crippen molar-refractivity contribution in [3.63, 3.8) is 0 Å². The van der Waals surface area contributed by atoms with E-state index in [-0.39, 0.29) is 0 Å². The van der Waals surface area contributed by atoms with Crippen molar-refractivity contribution in [1.29, 1.82) is 0 Å². The molecule has 1 aromatic carbocycles. The number of fused-ring (bicyclic) bond motifs is 1. The second-order valence-corrected chi connectivity index (χ2v) is 5.23. The first kappa shape index (κ1) is 10.1. The largest absolute Gasteiger partial charge is 0.347 e. The topological polar surface area (TPSA) is 28.2 Å². The molecule has 2 aromatic rings. The highest BCUT2D eigenvalue weighted by Gasteiger charge is 2.21. The summed E-state index contributed by atoms with van der Waals surface area (Å²) in [5.41, 5.74) is 1.11. The van der Waals surface area contributed by atoms with Gasteiger partial charge in [0.05, 0.1) is 10.2 Å². The molecule has 1 saturated heterocycles. The molecule has 3 rings (SSSR count). The van der Waals surface area contributed by atoms with Crippen molar-refractivity contribution in [1.82, 2.24) is 10.3 Å². The van der Waals surface area contributed by atoms with E-state index < -0.39 is 0 Å². The van der Waals surface area contributed by atoms with Crippen LogP contribution in [0.3, 0.4) is 0 Å². The lowest BCUT2D eigenvalue weighted by Crippen LogP contribution is -2.33. The molecule has 1 aliphatic heterocycles. The normalized spacial score (nSPS) is 20.4. The minimum Gasteiger partial charge on any atom is -0.347 e. The first-order valence-electron chi connectivity index (χ1n) is 5.64. The van der Waals surface area contributed by atoms with Crippen LogP contribution in [0.4, 0.5) is 5.13 Å². The molecule has 16 heavy (non-hydrogen) atoms. The van der Waals surface area contributed by atoms with Crippen molar-refractivity contribution in [2.75, 3.05) is 25.0 Å². The summed E-state index contributed by atoms with van der Waals surface area (Å²) in [5, 5.41) is 4.53. The van der Waals surface area contributed by atoms with Crippen LogP contribution in [-0.4, -0.2) is 31.2 Å². The van der Waals surface area contributed by atoms with Gasteiger partial charge in [-0.25, -0.2) is 4.98 Å². The van der Waals surface area contributed by atoms with Crippen LogP contribution in [0, 0.1) is 0 Å². The Labute approximate surface area is 99.1 Å². The fraction of sp³-hybridized carbons (Fsp3) is 0.417. The van der Waals surface area contributed by atoms with Gasteiger partial charge in [-0.3, -0.25) is 0 Å². The highest BCUT2D eigenvalue weighted by molar-refractivity contribution is 7.22. The number of nitrogens with one attached hydrogen (secondary N) is 1. The maximum atomic E-state index is 4.67. The van der Waals surface area contributed by atoms with Crippen LogP contribution >= 0.6 is 11.3 Å². The van der Waals surface area contributed by atoms with Gasteiger partial charge in [-0.2, -0.15) is 0 Å². The molecule has 3 nitrogen and oxygen atoms in total. The number of rotatable bonds is 2. The number of hydrogen-bond acceptors (Lipinski definition) is 4. The van der Waals surface area contributed by atoms with E-state index in [0.29, 0.717) is 6.04 Å². The molecular weight excluding hydrogens is 218 g/mol. The molecule has 0 bridgehead atoms. The van der Waals surface area contributed by atoms with Crippen molar-refractivity contribution in [3.8, 4) is 0 Å². The Morgan fingerprint density at radius 3 is 3.06 bits per heavy atom. The van der Waals surface area contributed by atoms with E-state index in [9.17, 15) is 0 Å². The third-order valence-electron chi connectivity index (χ3n) is 3.17. The third-order valence-corrected chi connectivity index (χ3v) is 4.29. The van der Waals surface area contributed by atoms with Crippen molar-refractivity contribution in [2.24, 2.45) is 0 Å². The van der Waals surface area contributed by atoms with E-state index in [1.165, 1.54) is 11.1 Å². The van der Waals surface area contributed by atoms with E-state index in [0.717, 1.165) is 23.7 Å². The Morgan fingerprint density at radius 2 is 2.31 bits per heavy atom. The van der Waals surface area contributed by atoms with Gasteiger partial charge in [0.2, 0.25) is 0 Å². The highest BCUT2D eigenvalue weighted by Crippen LogP contribution is 2.29. The Hall–Kier alpha value is -1.13. The number of para-hydroxylation sites is 1. The summed E-state index contributed by atoms with van der Waals surface area (Å²) in [6.45, 7) is 2.20. The zero-order chi connectivity index (χ0) is 11.0. The van der Waals surface area contributed by atoms with Gasteiger partial charge in [0, 0.05) is 19.6 Å². The number of thiazole rings is 1. The summed E-state index contributed by atoms with van der Waals surface area (Å²) in [7, 11) is 2.15. The molecule has 1 fully saturated rings. The van der Waals surface area contributed by atoms with Gasteiger partial charge in [0.15, 0.2) is 5.13 Å². The van der Waals surface area contributed by atoms with E-state index >= 15 is 0 Å². The molecule has 1 N–H and O–H groups in total. The number of anilines is 1. The zero-order valence-electron chi connectivity index (χ0n) is 9.31. The average Bonchev–Trinajstić information content (AvgIpc) is 2.97. The predicted molar refractivity (Wildman–Crippen MR) is 69.3 cm³/mol.